The molecule has 1 atom stereocenters. The lowest BCUT2D eigenvalue weighted by Gasteiger charge is -2.35. The zero-order valence-corrected chi connectivity index (χ0v) is 23.5. The summed E-state index contributed by atoms with van der Waals surface area (Å²) in [6.07, 6.45) is 1.56. The molecule has 0 radical (unpaired) electrons. The van der Waals surface area contributed by atoms with Gasteiger partial charge in [-0.2, -0.15) is 0 Å². The zero-order chi connectivity index (χ0) is 27.6. The highest BCUT2D eigenvalue weighted by Crippen LogP contribution is 2.44. The van der Waals surface area contributed by atoms with Crippen molar-refractivity contribution >= 4 is 40.8 Å². The van der Waals surface area contributed by atoms with E-state index in [1.54, 1.807) is 30.5 Å². The van der Waals surface area contributed by atoms with Crippen LogP contribution in [0.3, 0.4) is 0 Å². The summed E-state index contributed by atoms with van der Waals surface area (Å²) in [7, 11) is 3.70. The van der Waals surface area contributed by atoms with Gasteiger partial charge in [-0.15, -0.1) is 0 Å². The third kappa shape index (κ3) is 5.52. The molecule has 4 aromatic rings. The van der Waals surface area contributed by atoms with E-state index in [4.69, 9.17) is 32.9 Å². The van der Waals surface area contributed by atoms with Gasteiger partial charge in [0.05, 0.1) is 21.8 Å². The van der Waals surface area contributed by atoms with Crippen LogP contribution < -0.4 is 4.74 Å². The molecule has 1 fully saturated rings. The lowest BCUT2D eigenvalue weighted by atomic mass is 9.82. The molecule has 3 aromatic carbocycles. The fraction of sp³-hybridized carbons (Fsp3) is 0.226. The molecule has 8 heteroatoms. The monoisotopic (exact) mass is 560 g/mol. The van der Waals surface area contributed by atoms with Gasteiger partial charge in [-0.05, 0) is 47.7 Å². The molecule has 1 aliphatic rings. The van der Waals surface area contributed by atoms with Gasteiger partial charge in [0.2, 0.25) is 5.88 Å². The summed E-state index contributed by atoms with van der Waals surface area (Å²) in [5.74, 6) is 0.492. The number of halogens is 2. The number of nitrogens with zero attached hydrogens (tertiary/aromatic N) is 4. The van der Waals surface area contributed by atoms with Crippen molar-refractivity contribution < 1.29 is 9.84 Å². The predicted molar refractivity (Wildman–Crippen MR) is 160 cm³/mol. The molecule has 2 heterocycles. The van der Waals surface area contributed by atoms with Crippen LogP contribution in [0, 0.1) is 0 Å². The Morgan fingerprint density at radius 1 is 1.08 bits per heavy atom. The molecule has 1 unspecified atom stereocenters. The molecule has 0 aliphatic carbocycles. The van der Waals surface area contributed by atoms with Crippen molar-refractivity contribution in [2.24, 2.45) is 4.99 Å². The van der Waals surface area contributed by atoms with Crippen molar-refractivity contribution in [1.82, 2.24) is 14.8 Å². The van der Waals surface area contributed by atoms with Gasteiger partial charge in [0.25, 0.3) is 0 Å². The van der Waals surface area contributed by atoms with E-state index in [0.29, 0.717) is 50.3 Å². The molecule has 0 bridgehead atoms. The quantitative estimate of drug-likeness (QED) is 0.184. The normalized spacial score (nSPS) is 15.2. The molecule has 0 saturated carbocycles. The lowest BCUT2D eigenvalue weighted by molar-refractivity contribution is 0.0933. The van der Waals surface area contributed by atoms with E-state index in [0.717, 1.165) is 30.8 Å². The molecule has 0 spiro atoms. The molecule has 1 saturated heterocycles. The van der Waals surface area contributed by atoms with Crippen LogP contribution in [-0.4, -0.2) is 66.9 Å². The van der Waals surface area contributed by atoms with E-state index in [9.17, 15) is 5.11 Å². The van der Waals surface area contributed by atoms with E-state index in [-0.39, 0.29) is 0 Å². The average molecular weight is 562 g/mol. The third-order valence-electron chi connectivity index (χ3n) is 6.88. The number of aliphatic hydroxyl groups is 1. The maximum Gasteiger partial charge on any atom is 0.223 e. The van der Waals surface area contributed by atoms with E-state index in [2.05, 4.69) is 16.6 Å². The fourth-order valence-corrected chi connectivity index (χ4v) is 5.19. The number of ether oxygens (including phenoxy) is 1. The number of rotatable bonds is 10. The molecular weight excluding hydrogens is 531 g/mol. The van der Waals surface area contributed by atoms with E-state index < -0.39 is 5.60 Å². The predicted octanol–water partition coefficient (Wildman–Crippen LogP) is 6.24. The van der Waals surface area contributed by atoms with Crippen LogP contribution in [0.15, 0.2) is 89.7 Å². The van der Waals surface area contributed by atoms with Crippen molar-refractivity contribution in [2.75, 3.05) is 40.3 Å². The molecule has 5 rings (SSSR count). The Kier molecular flexibility index (Phi) is 7.91. The number of pyridine rings is 1. The number of aromatic nitrogens is 1. The van der Waals surface area contributed by atoms with Gasteiger partial charge in [-0.25, -0.2) is 4.98 Å². The summed E-state index contributed by atoms with van der Waals surface area (Å²) in [4.78, 5) is 13.0. The molecule has 1 N–H and O–H groups in total. The van der Waals surface area contributed by atoms with Gasteiger partial charge in [-0.3, -0.25) is 9.89 Å². The summed E-state index contributed by atoms with van der Waals surface area (Å²) in [6.45, 7) is 7.19. The van der Waals surface area contributed by atoms with Gasteiger partial charge >= 0.3 is 0 Å². The minimum Gasteiger partial charge on any atom is -0.476 e. The van der Waals surface area contributed by atoms with Gasteiger partial charge in [0, 0.05) is 50.3 Å². The summed E-state index contributed by atoms with van der Waals surface area (Å²) < 4.78 is 6.18. The Balaban J connectivity index is 1.70. The maximum absolute atomic E-state index is 12.4. The van der Waals surface area contributed by atoms with Crippen LogP contribution in [0.4, 0.5) is 0 Å². The maximum atomic E-state index is 12.4. The largest absolute Gasteiger partial charge is 0.476 e. The number of aliphatic imine (C=N–C) groups is 1. The molecular formula is C31H30Cl2N4O2. The van der Waals surface area contributed by atoms with E-state index in [1.807, 2.05) is 67.5 Å². The Hall–Kier alpha value is -3.42. The first-order valence-corrected chi connectivity index (χ1v) is 13.4. The van der Waals surface area contributed by atoms with Gasteiger partial charge in [0.1, 0.15) is 6.61 Å². The Labute approximate surface area is 238 Å². The lowest BCUT2D eigenvalue weighted by Crippen LogP contribution is -2.36. The topological polar surface area (TPSA) is 61.0 Å². The number of fused-ring (bicyclic) bond motifs is 1. The zero-order valence-electron chi connectivity index (χ0n) is 21.9. The van der Waals surface area contributed by atoms with Crippen molar-refractivity contribution in [3.8, 4) is 17.0 Å². The van der Waals surface area contributed by atoms with Gasteiger partial charge < -0.3 is 14.7 Å². The van der Waals surface area contributed by atoms with Crippen LogP contribution in [0.2, 0.25) is 10.0 Å². The first kappa shape index (κ1) is 27.2. The van der Waals surface area contributed by atoms with Crippen LogP contribution in [0.5, 0.6) is 5.88 Å². The van der Waals surface area contributed by atoms with Crippen molar-refractivity contribution in [3.05, 3.63) is 106 Å². The first-order valence-electron chi connectivity index (χ1n) is 12.7. The Morgan fingerprint density at radius 3 is 2.41 bits per heavy atom. The van der Waals surface area contributed by atoms with E-state index in [1.165, 1.54) is 0 Å². The summed E-state index contributed by atoms with van der Waals surface area (Å²) in [5, 5.41) is 14.2. The third-order valence-corrected chi connectivity index (χ3v) is 7.53. The standard InChI is InChI=1S/C31H30Cl2N4O2/c1-34-20-27(36(2)3)31(38,22-9-12-24(32)13-10-22)23-11-14-26-25(19-23)29(33)28(21-7-5-4-6-8-21)30(35-26)39-18-17-37-15-16-37/h4-14,19-20,38H,1,15-18H2,2-3H3/b27-20-. The molecule has 0 amide bonds. The Morgan fingerprint density at radius 2 is 1.77 bits per heavy atom. The summed E-state index contributed by atoms with van der Waals surface area (Å²) >= 11 is 13.3. The number of benzene rings is 3. The highest BCUT2D eigenvalue weighted by atomic mass is 35.5. The van der Waals surface area contributed by atoms with E-state index >= 15 is 0 Å². The molecule has 1 aromatic heterocycles. The van der Waals surface area contributed by atoms with Crippen molar-refractivity contribution in [1.29, 1.82) is 0 Å². The molecule has 39 heavy (non-hydrogen) atoms. The van der Waals surface area contributed by atoms with Crippen LogP contribution in [0.1, 0.15) is 11.1 Å². The summed E-state index contributed by atoms with van der Waals surface area (Å²) in [6, 6.07) is 22.5. The second kappa shape index (κ2) is 11.4. The molecule has 1 aliphatic heterocycles. The van der Waals surface area contributed by atoms with Crippen LogP contribution >= 0.6 is 23.2 Å². The van der Waals surface area contributed by atoms with Crippen molar-refractivity contribution in [3.63, 3.8) is 0 Å². The number of hydrogen-bond donors (Lipinski definition) is 1. The Bertz CT molecular complexity index is 1520. The SMILES string of the molecule is C=N/C=C(\N(C)C)C(O)(c1ccc(Cl)cc1)c1ccc2nc(OCCN3CC3)c(-c3ccccc3)c(Cl)c2c1. The summed E-state index contributed by atoms with van der Waals surface area (Å²) in [5.41, 5.74) is 2.47. The second-order valence-corrected chi connectivity index (χ2v) is 10.5. The fourth-order valence-electron chi connectivity index (χ4n) is 4.73. The smallest absolute Gasteiger partial charge is 0.223 e. The first-order chi connectivity index (χ1) is 18.8. The number of hydrogen-bond acceptors (Lipinski definition) is 6. The highest BCUT2D eigenvalue weighted by Gasteiger charge is 2.38. The van der Waals surface area contributed by atoms with Gasteiger partial charge in [-0.1, -0.05) is 71.7 Å². The second-order valence-electron chi connectivity index (χ2n) is 9.70. The van der Waals surface area contributed by atoms with Crippen molar-refractivity contribution in [2.45, 2.75) is 5.60 Å². The number of likely N-dealkylation sites (N-methyl/N-ethyl adjacent to an activating group) is 1. The highest BCUT2D eigenvalue weighted by molar-refractivity contribution is 6.38. The van der Waals surface area contributed by atoms with Gasteiger partial charge in [0.15, 0.2) is 5.60 Å². The van der Waals surface area contributed by atoms with Crippen LogP contribution in [-0.2, 0) is 5.60 Å². The molecule has 6 nitrogen and oxygen atoms in total. The van der Waals surface area contributed by atoms with Crippen LogP contribution in [0.25, 0.3) is 22.0 Å². The minimum atomic E-state index is -1.58. The average Bonchev–Trinajstić information content (AvgIpc) is 3.76. The minimum absolute atomic E-state index is 0.492. The molecule has 200 valence electrons.